The molecule has 0 radical (unpaired) electrons. The molecule has 1 aromatic heterocycles. The average molecular weight is 213 g/mol. The molecule has 3 nitrogen and oxygen atoms in total. The number of rotatable bonds is 5. The van der Waals surface area contributed by atoms with Crippen LogP contribution in [0.1, 0.15) is 39.4 Å². The maximum atomic E-state index is 5.19. The zero-order valence-electron chi connectivity index (χ0n) is 9.21. The first-order chi connectivity index (χ1) is 6.65. The van der Waals surface area contributed by atoms with Gasteiger partial charge in [0.25, 0.3) is 0 Å². The van der Waals surface area contributed by atoms with E-state index in [1.54, 1.807) is 0 Å². The number of H-pyrrole nitrogens is 1. The van der Waals surface area contributed by atoms with E-state index in [4.69, 9.17) is 12.2 Å². The van der Waals surface area contributed by atoms with Crippen LogP contribution >= 0.6 is 12.2 Å². The van der Waals surface area contributed by atoms with Gasteiger partial charge in [-0.25, -0.2) is 0 Å². The second-order valence-electron chi connectivity index (χ2n) is 4.05. The van der Waals surface area contributed by atoms with Crippen LogP contribution in [0.5, 0.6) is 0 Å². The molecule has 0 aliphatic heterocycles. The summed E-state index contributed by atoms with van der Waals surface area (Å²) in [5.74, 6) is 1.71. The first-order valence-electron chi connectivity index (χ1n) is 5.29. The third-order valence-electron chi connectivity index (χ3n) is 2.14. The molecule has 0 aliphatic rings. The summed E-state index contributed by atoms with van der Waals surface area (Å²) in [4.78, 5) is 0. The molecule has 1 rings (SSSR count). The van der Waals surface area contributed by atoms with Crippen LogP contribution in [0.3, 0.4) is 0 Å². The van der Waals surface area contributed by atoms with E-state index >= 15 is 0 Å². The smallest absolute Gasteiger partial charge is 0.195 e. The van der Waals surface area contributed by atoms with E-state index in [1.165, 1.54) is 12.8 Å². The van der Waals surface area contributed by atoms with Gasteiger partial charge >= 0.3 is 0 Å². The van der Waals surface area contributed by atoms with Crippen LogP contribution < -0.4 is 0 Å². The van der Waals surface area contributed by atoms with Crippen LogP contribution in [-0.2, 0) is 13.0 Å². The standard InChI is InChI=1S/C10H19N3S/c1-4-5-6-9-11-12-10(14)13(9)7-8(2)3/h8H,4-7H2,1-3H3,(H,12,14). The maximum Gasteiger partial charge on any atom is 0.195 e. The Hall–Kier alpha value is -0.640. The fourth-order valence-electron chi connectivity index (χ4n) is 1.43. The van der Waals surface area contributed by atoms with Gasteiger partial charge in [0, 0.05) is 13.0 Å². The normalized spacial score (nSPS) is 11.1. The van der Waals surface area contributed by atoms with Gasteiger partial charge in [-0.1, -0.05) is 27.2 Å². The summed E-state index contributed by atoms with van der Waals surface area (Å²) in [6.07, 6.45) is 3.40. The van der Waals surface area contributed by atoms with Gasteiger partial charge in [-0.2, -0.15) is 5.10 Å². The Morgan fingerprint density at radius 3 is 2.79 bits per heavy atom. The largest absolute Gasteiger partial charge is 0.304 e. The van der Waals surface area contributed by atoms with Gasteiger partial charge in [-0.05, 0) is 24.6 Å². The molecule has 0 saturated carbocycles. The molecule has 1 aromatic rings. The minimum Gasteiger partial charge on any atom is -0.304 e. The van der Waals surface area contributed by atoms with Crippen molar-refractivity contribution in [1.82, 2.24) is 14.8 Å². The molecule has 0 bridgehead atoms. The fourth-order valence-corrected chi connectivity index (χ4v) is 1.66. The lowest BCUT2D eigenvalue weighted by Gasteiger charge is -2.08. The Kier molecular flexibility index (Phi) is 4.32. The van der Waals surface area contributed by atoms with Crippen LogP contribution in [0.4, 0.5) is 0 Å². The van der Waals surface area contributed by atoms with Crippen molar-refractivity contribution in [3.63, 3.8) is 0 Å². The van der Waals surface area contributed by atoms with Crippen molar-refractivity contribution < 1.29 is 0 Å². The van der Waals surface area contributed by atoms with E-state index in [0.717, 1.165) is 23.6 Å². The number of nitrogens with zero attached hydrogens (tertiary/aromatic N) is 2. The van der Waals surface area contributed by atoms with Crippen molar-refractivity contribution >= 4 is 12.2 Å². The van der Waals surface area contributed by atoms with Crippen LogP contribution in [-0.4, -0.2) is 14.8 Å². The first-order valence-corrected chi connectivity index (χ1v) is 5.70. The summed E-state index contributed by atoms with van der Waals surface area (Å²) in [5.41, 5.74) is 0. The van der Waals surface area contributed by atoms with Crippen molar-refractivity contribution in [2.45, 2.75) is 46.6 Å². The summed E-state index contributed by atoms with van der Waals surface area (Å²) < 4.78 is 2.88. The molecule has 0 atom stereocenters. The molecule has 1 N–H and O–H groups in total. The zero-order chi connectivity index (χ0) is 10.6. The molecular weight excluding hydrogens is 194 g/mol. The Labute approximate surface area is 90.5 Å². The lowest BCUT2D eigenvalue weighted by Crippen LogP contribution is -2.08. The molecule has 1 heterocycles. The molecule has 0 fully saturated rings. The SMILES string of the molecule is CCCCc1n[nH]c(=S)n1CC(C)C. The first kappa shape index (κ1) is 11.4. The Balaban J connectivity index is 2.77. The van der Waals surface area contributed by atoms with Gasteiger partial charge in [0.1, 0.15) is 5.82 Å². The third kappa shape index (κ3) is 2.94. The lowest BCUT2D eigenvalue weighted by atomic mass is 10.2. The van der Waals surface area contributed by atoms with Crippen LogP contribution in [0.25, 0.3) is 0 Å². The second-order valence-corrected chi connectivity index (χ2v) is 4.44. The van der Waals surface area contributed by atoms with Gasteiger partial charge < -0.3 is 4.57 Å². The van der Waals surface area contributed by atoms with E-state index in [-0.39, 0.29) is 0 Å². The van der Waals surface area contributed by atoms with Gasteiger partial charge in [0.15, 0.2) is 4.77 Å². The molecule has 0 saturated heterocycles. The number of hydrogen-bond acceptors (Lipinski definition) is 2. The summed E-state index contributed by atoms with van der Waals surface area (Å²) in [5, 5.41) is 7.12. The Morgan fingerprint density at radius 1 is 1.50 bits per heavy atom. The molecule has 0 unspecified atom stereocenters. The highest BCUT2D eigenvalue weighted by molar-refractivity contribution is 7.71. The van der Waals surface area contributed by atoms with Gasteiger partial charge in [-0.3, -0.25) is 5.10 Å². The van der Waals surface area contributed by atoms with Crippen molar-refractivity contribution in [2.24, 2.45) is 5.92 Å². The summed E-state index contributed by atoms with van der Waals surface area (Å²) >= 11 is 5.19. The third-order valence-corrected chi connectivity index (χ3v) is 2.45. The van der Waals surface area contributed by atoms with E-state index in [1.807, 2.05) is 0 Å². The molecule has 0 amide bonds. The lowest BCUT2D eigenvalue weighted by molar-refractivity contribution is 0.499. The van der Waals surface area contributed by atoms with E-state index in [9.17, 15) is 0 Å². The molecule has 0 aromatic carbocycles. The maximum absolute atomic E-state index is 5.19. The van der Waals surface area contributed by atoms with Crippen LogP contribution in [0.15, 0.2) is 0 Å². The van der Waals surface area contributed by atoms with E-state index in [0.29, 0.717) is 5.92 Å². The van der Waals surface area contributed by atoms with Crippen LogP contribution in [0.2, 0.25) is 0 Å². The highest BCUT2D eigenvalue weighted by Crippen LogP contribution is 2.06. The number of aromatic amines is 1. The monoisotopic (exact) mass is 213 g/mol. The zero-order valence-corrected chi connectivity index (χ0v) is 10.0. The van der Waals surface area contributed by atoms with Crippen molar-refractivity contribution in [3.8, 4) is 0 Å². The van der Waals surface area contributed by atoms with Crippen molar-refractivity contribution in [1.29, 1.82) is 0 Å². The second kappa shape index (κ2) is 5.29. The highest BCUT2D eigenvalue weighted by Gasteiger charge is 2.06. The molecule has 4 heteroatoms. The molecule has 0 spiro atoms. The predicted molar refractivity (Wildman–Crippen MR) is 60.9 cm³/mol. The predicted octanol–water partition coefficient (Wildman–Crippen LogP) is 2.94. The Morgan fingerprint density at radius 2 is 2.21 bits per heavy atom. The highest BCUT2D eigenvalue weighted by atomic mass is 32.1. The fraction of sp³-hybridized carbons (Fsp3) is 0.800. The Bertz CT molecular complexity index is 324. The topological polar surface area (TPSA) is 33.6 Å². The van der Waals surface area contributed by atoms with E-state index in [2.05, 4.69) is 35.5 Å². The quantitative estimate of drug-likeness (QED) is 0.763. The summed E-state index contributed by atoms with van der Waals surface area (Å²) in [7, 11) is 0. The number of aryl methyl sites for hydroxylation is 1. The average Bonchev–Trinajstić information content (AvgIpc) is 2.45. The minimum atomic E-state index is 0.611. The number of nitrogens with one attached hydrogen (secondary N) is 1. The van der Waals surface area contributed by atoms with Crippen molar-refractivity contribution in [3.05, 3.63) is 10.6 Å². The molecule has 14 heavy (non-hydrogen) atoms. The van der Waals surface area contributed by atoms with Crippen molar-refractivity contribution in [2.75, 3.05) is 0 Å². The van der Waals surface area contributed by atoms with Gasteiger partial charge in [0.2, 0.25) is 0 Å². The number of hydrogen-bond donors (Lipinski definition) is 1. The number of aromatic nitrogens is 3. The molecule has 80 valence electrons. The minimum absolute atomic E-state index is 0.611. The number of unbranched alkanes of at least 4 members (excludes halogenated alkanes) is 1. The summed E-state index contributed by atoms with van der Waals surface area (Å²) in [6.45, 7) is 7.54. The molecular formula is C10H19N3S. The van der Waals surface area contributed by atoms with Crippen LogP contribution in [0, 0.1) is 10.7 Å². The molecule has 0 aliphatic carbocycles. The summed E-state index contributed by atoms with van der Waals surface area (Å²) in [6, 6.07) is 0. The van der Waals surface area contributed by atoms with E-state index < -0.39 is 0 Å². The van der Waals surface area contributed by atoms with Gasteiger partial charge in [-0.15, -0.1) is 0 Å². The van der Waals surface area contributed by atoms with Gasteiger partial charge in [0.05, 0.1) is 0 Å².